The lowest BCUT2D eigenvalue weighted by molar-refractivity contribution is -0.145. The summed E-state index contributed by atoms with van der Waals surface area (Å²) in [6, 6.07) is -0.558. The van der Waals surface area contributed by atoms with Crippen LogP contribution < -0.4 is 11.5 Å². The van der Waals surface area contributed by atoms with Crippen LogP contribution in [0, 0.1) is 0 Å². The molecule has 4 N–H and O–H groups in total. The van der Waals surface area contributed by atoms with Crippen LogP contribution in [0.25, 0.3) is 0 Å². The van der Waals surface area contributed by atoms with E-state index < -0.39 is 6.04 Å². The summed E-state index contributed by atoms with van der Waals surface area (Å²) in [5, 5.41) is 0. The first-order valence-electron chi connectivity index (χ1n) is 7.43. The van der Waals surface area contributed by atoms with Gasteiger partial charge >= 0.3 is 5.97 Å². The zero-order valence-electron chi connectivity index (χ0n) is 12.6. The molecule has 0 amide bonds. The first-order valence-corrected chi connectivity index (χ1v) is 7.43. The van der Waals surface area contributed by atoms with Gasteiger partial charge in [0.25, 0.3) is 0 Å². The number of nitrogens with two attached hydrogens (primary N) is 2. The summed E-state index contributed by atoms with van der Waals surface area (Å²) in [5.74, 6) is 0.247. The van der Waals surface area contributed by atoms with Gasteiger partial charge in [-0.15, -0.1) is 6.58 Å². The van der Waals surface area contributed by atoms with E-state index in [1.807, 2.05) is 0 Å². The lowest BCUT2D eigenvalue weighted by Crippen LogP contribution is -2.32. The van der Waals surface area contributed by atoms with Crippen LogP contribution in [0.3, 0.4) is 0 Å². The van der Waals surface area contributed by atoms with Crippen molar-refractivity contribution in [1.82, 2.24) is 0 Å². The van der Waals surface area contributed by atoms with Crippen molar-refractivity contribution in [3.05, 3.63) is 12.7 Å². The standard InChI is InChI=1S/C15H29N3O2/c1-3-5-6-7-12-20-15(19)13(16)10-8-11-18-14(17)9-4-2/h4,13H,2-3,5-12,16H2,1H3,(H2,17,18)/t13-/m0/s1. The van der Waals surface area contributed by atoms with E-state index in [1.165, 1.54) is 12.8 Å². The quantitative estimate of drug-likeness (QED) is 0.189. The van der Waals surface area contributed by atoms with Gasteiger partial charge in [0.2, 0.25) is 0 Å². The number of hydrogen-bond donors (Lipinski definition) is 2. The molecule has 0 saturated heterocycles. The second kappa shape index (κ2) is 12.7. The number of aliphatic imine (C=N–C) groups is 1. The van der Waals surface area contributed by atoms with Gasteiger partial charge in [-0.1, -0.05) is 32.3 Å². The summed E-state index contributed by atoms with van der Waals surface area (Å²) in [6.45, 7) is 6.78. The molecule has 0 spiro atoms. The van der Waals surface area contributed by atoms with Gasteiger partial charge in [-0.2, -0.15) is 0 Å². The molecule has 0 aliphatic heterocycles. The average molecular weight is 283 g/mol. The molecule has 0 aliphatic rings. The highest BCUT2D eigenvalue weighted by atomic mass is 16.5. The van der Waals surface area contributed by atoms with Crippen LogP contribution in [0.15, 0.2) is 17.6 Å². The summed E-state index contributed by atoms with van der Waals surface area (Å²) < 4.78 is 5.13. The molecule has 5 heteroatoms. The van der Waals surface area contributed by atoms with Gasteiger partial charge in [-0.25, -0.2) is 0 Å². The molecule has 5 nitrogen and oxygen atoms in total. The van der Waals surface area contributed by atoms with Crippen LogP contribution in [0.2, 0.25) is 0 Å². The Morgan fingerprint density at radius 2 is 2.10 bits per heavy atom. The molecule has 0 bridgehead atoms. The van der Waals surface area contributed by atoms with Crippen LogP contribution in [0.5, 0.6) is 0 Å². The normalized spacial score (nSPS) is 13.0. The number of carbonyl (C=O) groups is 1. The maximum Gasteiger partial charge on any atom is 0.322 e. The van der Waals surface area contributed by atoms with E-state index in [1.54, 1.807) is 6.08 Å². The topological polar surface area (TPSA) is 90.7 Å². The fourth-order valence-electron chi connectivity index (χ4n) is 1.67. The Labute approximate surface area is 122 Å². The van der Waals surface area contributed by atoms with Crippen molar-refractivity contribution in [2.24, 2.45) is 16.5 Å². The number of unbranched alkanes of at least 4 members (excludes halogenated alkanes) is 3. The van der Waals surface area contributed by atoms with E-state index in [2.05, 4.69) is 18.5 Å². The molecule has 0 heterocycles. The van der Waals surface area contributed by atoms with Gasteiger partial charge < -0.3 is 16.2 Å². The molecule has 0 unspecified atom stereocenters. The fraction of sp³-hybridized carbons (Fsp3) is 0.733. The van der Waals surface area contributed by atoms with Crippen LogP contribution in [0.1, 0.15) is 51.9 Å². The Bertz CT molecular complexity index is 303. The van der Waals surface area contributed by atoms with Crippen molar-refractivity contribution in [1.29, 1.82) is 0 Å². The molecule has 0 aromatic carbocycles. The smallest absolute Gasteiger partial charge is 0.322 e. The van der Waals surface area contributed by atoms with Crippen molar-refractivity contribution in [2.45, 2.75) is 57.9 Å². The Kier molecular flexibility index (Phi) is 11.8. The zero-order valence-corrected chi connectivity index (χ0v) is 12.6. The highest BCUT2D eigenvalue weighted by Gasteiger charge is 2.13. The minimum atomic E-state index is -0.558. The zero-order chi connectivity index (χ0) is 15.2. The first-order chi connectivity index (χ1) is 9.61. The van der Waals surface area contributed by atoms with E-state index in [4.69, 9.17) is 16.2 Å². The Morgan fingerprint density at radius 1 is 1.35 bits per heavy atom. The van der Waals surface area contributed by atoms with Gasteiger partial charge in [-0.3, -0.25) is 9.79 Å². The molecule has 0 fully saturated rings. The van der Waals surface area contributed by atoms with Crippen LogP contribution in [-0.2, 0) is 9.53 Å². The monoisotopic (exact) mass is 283 g/mol. The summed E-state index contributed by atoms with van der Waals surface area (Å²) >= 11 is 0. The van der Waals surface area contributed by atoms with Crippen molar-refractivity contribution in [3.63, 3.8) is 0 Å². The number of esters is 1. The summed E-state index contributed by atoms with van der Waals surface area (Å²) in [7, 11) is 0. The maximum atomic E-state index is 11.6. The number of rotatable bonds is 12. The minimum Gasteiger partial charge on any atom is -0.465 e. The lowest BCUT2D eigenvalue weighted by Gasteiger charge is -2.10. The second-order valence-electron chi connectivity index (χ2n) is 4.84. The number of nitrogens with zero attached hydrogens (tertiary/aromatic N) is 1. The predicted octanol–water partition coefficient (Wildman–Crippen LogP) is 2.15. The van der Waals surface area contributed by atoms with Crippen LogP contribution in [-0.4, -0.2) is 31.0 Å². The molecule has 0 radical (unpaired) electrons. The number of amidine groups is 1. The van der Waals surface area contributed by atoms with E-state index >= 15 is 0 Å². The molecule has 0 aromatic heterocycles. The molecule has 20 heavy (non-hydrogen) atoms. The van der Waals surface area contributed by atoms with E-state index in [-0.39, 0.29) is 5.97 Å². The SMILES string of the molecule is C=CCC(N)=NCCC[C@H](N)C(=O)OCCCCCC. The number of carbonyl (C=O) groups excluding carboxylic acids is 1. The van der Waals surface area contributed by atoms with Gasteiger partial charge in [0.05, 0.1) is 12.4 Å². The van der Waals surface area contributed by atoms with Gasteiger partial charge in [-0.05, 0) is 19.3 Å². The number of hydrogen-bond acceptors (Lipinski definition) is 4. The molecule has 0 aromatic rings. The summed E-state index contributed by atoms with van der Waals surface area (Å²) in [6.07, 6.45) is 7.94. The molecular formula is C15H29N3O2. The third-order valence-corrected chi connectivity index (χ3v) is 2.89. The van der Waals surface area contributed by atoms with Crippen molar-refractivity contribution < 1.29 is 9.53 Å². The van der Waals surface area contributed by atoms with E-state index in [0.29, 0.717) is 31.8 Å². The van der Waals surface area contributed by atoms with E-state index in [9.17, 15) is 4.79 Å². The fourth-order valence-corrected chi connectivity index (χ4v) is 1.67. The molecular weight excluding hydrogens is 254 g/mol. The Hall–Kier alpha value is -1.36. The molecule has 1 atom stereocenters. The largest absolute Gasteiger partial charge is 0.465 e. The van der Waals surface area contributed by atoms with E-state index in [0.717, 1.165) is 19.3 Å². The van der Waals surface area contributed by atoms with Crippen LogP contribution in [0.4, 0.5) is 0 Å². The minimum absolute atomic E-state index is 0.315. The highest BCUT2D eigenvalue weighted by molar-refractivity contribution is 5.81. The molecule has 0 aliphatic carbocycles. The van der Waals surface area contributed by atoms with Crippen molar-refractivity contribution in [3.8, 4) is 0 Å². The Morgan fingerprint density at radius 3 is 2.75 bits per heavy atom. The van der Waals surface area contributed by atoms with Crippen molar-refractivity contribution in [2.75, 3.05) is 13.2 Å². The third kappa shape index (κ3) is 10.6. The molecule has 0 rings (SSSR count). The first kappa shape index (κ1) is 18.6. The number of ether oxygens (including phenoxy) is 1. The lowest BCUT2D eigenvalue weighted by atomic mass is 10.1. The maximum absolute atomic E-state index is 11.6. The highest BCUT2D eigenvalue weighted by Crippen LogP contribution is 2.02. The van der Waals surface area contributed by atoms with Crippen LogP contribution >= 0.6 is 0 Å². The molecule has 116 valence electrons. The summed E-state index contributed by atoms with van der Waals surface area (Å²) in [4.78, 5) is 15.7. The predicted molar refractivity (Wildman–Crippen MR) is 83.6 cm³/mol. The van der Waals surface area contributed by atoms with Gasteiger partial charge in [0.15, 0.2) is 0 Å². The Balaban J connectivity index is 3.64. The van der Waals surface area contributed by atoms with Crippen molar-refractivity contribution >= 4 is 11.8 Å². The van der Waals surface area contributed by atoms with Gasteiger partial charge in [0.1, 0.15) is 6.04 Å². The summed E-state index contributed by atoms with van der Waals surface area (Å²) in [5.41, 5.74) is 11.4. The van der Waals surface area contributed by atoms with Gasteiger partial charge in [0, 0.05) is 13.0 Å². The molecule has 0 saturated carbocycles. The average Bonchev–Trinajstić information content (AvgIpc) is 2.43. The second-order valence-corrected chi connectivity index (χ2v) is 4.84. The third-order valence-electron chi connectivity index (χ3n) is 2.89.